The molecule has 0 spiro atoms. The SMILES string of the molecule is Cc1cccc(-c2ccc(N)c(NCc3ccc4ncccc4c3)n2)c1. The minimum atomic E-state index is 0.642. The van der Waals surface area contributed by atoms with Gasteiger partial charge in [-0.15, -0.1) is 0 Å². The molecule has 0 saturated heterocycles. The van der Waals surface area contributed by atoms with E-state index in [4.69, 9.17) is 10.7 Å². The van der Waals surface area contributed by atoms with Gasteiger partial charge in [0.15, 0.2) is 0 Å². The number of aromatic nitrogens is 2. The van der Waals surface area contributed by atoms with Crippen LogP contribution in [0, 0.1) is 6.92 Å². The molecule has 0 aliphatic carbocycles. The average Bonchev–Trinajstić information content (AvgIpc) is 2.67. The van der Waals surface area contributed by atoms with Crippen LogP contribution in [0.5, 0.6) is 0 Å². The van der Waals surface area contributed by atoms with Crippen LogP contribution in [0.25, 0.3) is 22.2 Å². The number of nitrogen functional groups attached to an aromatic ring is 1. The van der Waals surface area contributed by atoms with Crippen LogP contribution < -0.4 is 11.1 Å². The number of anilines is 2. The van der Waals surface area contributed by atoms with Gasteiger partial charge in [0.1, 0.15) is 5.82 Å². The lowest BCUT2D eigenvalue weighted by atomic mass is 10.1. The Balaban J connectivity index is 1.58. The van der Waals surface area contributed by atoms with Crippen LogP contribution in [0.15, 0.2) is 72.9 Å². The molecule has 0 aliphatic rings. The fraction of sp³-hybridized carbons (Fsp3) is 0.0909. The second-order valence-corrected chi connectivity index (χ2v) is 6.39. The quantitative estimate of drug-likeness (QED) is 0.560. The van der Waals surface area contributed by atoms with E-state index in [9.17, 15) is 0 Å². The minimum Gasteiger partial charge on any atom is -0.396 e. The molecular formula is C22H20N4. The first-order valence-corrected chi connectivity index (χ1v) is 8.60. The molecule has 0 saturated carbocycles. The Morgan fingerprint density at radius 1 is 0.962 bits per heavy atom. The molecule has 4 aromatic rings. The van der Waals surface area contributed by atoms with E-state index in [0.717, 1.165) is 27.7 Å². The van der Waals surface area contributed by atoms with Crippen molar-refractivity contribution in [3.05, 3.63) is 84.1 Å². The smallest absolute Gasteiger partial charge is 0.150 e. The summed E-state index contributed by atoms with van der Waals surface area (Å²) < 4.78 is 0. The molecule has 2 aromatic heterocycles. The number of benzene rings is 2. The maximum absolute atomic E-state index is 6.12. The van der Waals surface area contributed by atoms with E-state index >= 15 is 0 Å². The van der Waals surface area contributed by atoms with Crippen LogP contribution in [0.3, 0.4) is 0 Å². The summed E-state index contributed by atoms with van der Waals surface area (Å²) in [4.78, 5) is 9.07. The molecule has 4 nitrogen and oxygen atoms in total. The molecule has 0 amide bonds. The van der Waals surface area contributed by atoms with Gasteiger partial charge in [0.25, 0.3) is 0 Å². The van der Waals surface area contributed by atoms with Crippen molar-refractivity contribution in [1.82, 2.24) is 9.97 Å². The number of pyridine rings is 2. The number of fused-ring (bicyclic) bond motifs is 1. The van der Waals surface area contributed by atoms with Crippen LogP contribution in [-0.4, -0.2) is 9.97 Å². The molecule has 4 rings (SSSR count). The third kappa shape index (κ3) is 3.35. The van der Waals surface area contributed by atoms with Gasteiger partial charge in [-0.1, -0.05) is 35.9 Å². The van der Waals surface area contributed by atoms with Crippen LogP contribution in [0.1, 0.15) is 11.1 Å². The third-order valence-corrected chi connectivity index (χ3v) is 4.37. The molecule has 0 aliphatic heterocycles. The van der Waals surface area contributed by atoms with E-state index in [0.29, 0.717) is 18.1 Å². The molecule has 2 aromatic carbocycles. The summed E-state index contributed by atoms with van der Waals surface area (Å²) in [6, 6.07) is 22.4. The van der Waals surface area contributed by atoms with Crippen molar-refractivity contribution >= 4 is 22.4 Å². The van der Waals surface area contributed by atoms with Gasteiger partial charge in [-0.05, 0) is 48.9 Å². The normalized spacial score (nSPS) is 10.8. The molecule has 0 fully saturated rings. The second-order valence-electron chi connectivity index (χ2n) is 6.39. The zero-order valence-electron chi connectivity index (χ0n) is 14.6. The number of hydrogen-bond acceptors (Lipinski definition) is 4. The Bertz CT molecular complexity index is 1070. The van der Waals surface area contributed by atoms with Gasteiger partial charge in [-0.2, -0.15) is 0 Å². The Hall–Kier alpha value is -3.40. The highest BCUT2D eigenvalue weighted by atomic mass is 15.0. The number of nitrogens with one attached hydrogen (secondary N) is 1. The first-order valence-electron chi connectivity index (χ1n) is 8.60. The summed E-state index contributed by atoms with van der Waals surface area (Å²) in [6.45, 7) is 2.73. The van der Waals surface area contributed by atoms with Crippen LogP contribution in [0.2, 0.25) is 0 Å². The van der Waals surface area contributed by atoms with Gasteiger partial charge in [0, 0.05) is 23.7 Å². The van der Waals surface area contributed by atoms with Crippen LogP contribution in [0.4, 0.5) is 11.5 Å². The van der Waals surface area contributed by atoms with Gasteiger partial charge < -0.3 is 11.1 Å². The van der Waals surface area contributed by atoms with Crippen molar-refractivity contribution < 1.29 is 0 Å². The zero-order valence-corrected chi connectivity index (χ0v) is 14.6. The van der Waals surface area contributed by atoms with E-state index in [2.05, 4.69) is 53.6 Å². The number of nitrogens with zero attached hydrogens (tertiary/aromatic N) is 2. The molecule has 3 N–H and O–H groups in total. The molecule has 4 heteroatoms. The van der Waals surface area contributed by atoms with Crippen LogP contribution in [-0.2, 0) is 6.54 Å². The van der Waals surface area contributed by atoms with Gasteiger partial charge in [0.2, 0.25) is 0 Å². The van der Waals surface area contributed by atoms with Gasteiger partial charge >= 0.3 is 0 Å². The highest BCUT2D eigenvalue weighted by Crippen LogP contribution is 2.24. The molecule has 2 heterocycles. The van der Waals surface area contributed by atoms with Crippen molar-refractivity contribution in [1.29, 1.82) is 0 Å². The summed E-state index contributed by atoms with van der Waals surface area (Å²) in [6.07, 6.45) is 1.81. The van der Waals surface area contributed by atoms with Crippen molar-refractivity contribution in [2.24, 2.45) is 0 Å². The number of nitrogens with two attached hydrogens (primary N) is 1. The lowest BCUT2D eigenvalue weighted by Crippen LogP contribution is -2.05. The maximum Gasteiger partial charge on any atom is 0.150 e. The lowest BCUT2D eigenvalue weighted by molar-refractivity contribution is 1.12. The summed E-state index contributed by atoms with van der Waals surface area (Å²) >= 11 is 0. The summed E-state index contributed by atoms with van der Waals surface area (Å²) in [5.41, 5.74) is 12.1. The first kappa shape index (κ1) is 16.1. The van der Waals surface area contributed by atoms with E-state index in [-0.39, 0.29) is 0 Å². The van der Waals surface area contributed by atoms with E-state index in [1.807, 2.05) is 36.5 Å². The Kier molecular flexibility index (Phi) is 4.23. The zero-order chi connectivity index (χ0) is 17.9. The fourth-order valence-electron chi connectivity index (χ4n) is 3.00. The molecule has 26 heavy (non-hydrogen) atoms. The molecule has 0 unspecified atom stereocenters. The van der Waals surface area contributed by atoms with Crippen molar-refractivity contribution in [2.75, 3.05) is 11.1 Å². The minimum absolute atomic E-state index is 0.642. The highest BCUT2D eigenvalue weighted by molar-refractivity contribution is 5.79. The van der Waals surface area contributed by atoms with Crippen molar-refractivity contribution in [3.8, 4) is 11.3 Å². The molecule has 0 bridgehead atoms. The van der Waals surface area contributed by atoms with Gasteiger partial charge in [-0.3, -0.25) is 4.98 Å². The largest absolute Gasteiger partial charge is 0.396 e. The Labute approximate surface area is 152 Å². The lowest BCUT2D eigenvalue weighted by Gasteiger charge is -2.11. The van der Waals surface area contributed by atoms with E-state index in [1.54, 1.807) is 0 Å². The number of hydrogen-bond donors (Lipinski definition) is 2. The molecule has 0 radical (unpaired) electrons. The predicted molar refractivity (Wildman–Crippen MR) is 108 cm³/mol. The average molecular weight is 340 g/mol. The van der Waals surface area contributed by atoms with E-state index in [1.165, 1.54) is 5.56 Å². The van der Waals surface area contributed by atoms with Gasteiger partial charge in [-0.25, -0.2) is 4.98 Å². The Morgan fingerprint density at radius 2 is 1.88 bits per heavy atom. The standard InChI is InChI=1S/C22H20N4/c1-15-4-2-5-17(12-15)21-10-8-19(23)22(26-21)25-14-16-7-9-20-18(13-16)6-3-11-24-20/h2-13H,14,23H2,1H3,(H,25,26). The summed E-state index contributed by atoms with van der Waals surface area (Å²) in [5.74, 6) is 0.704. The molecule has 128 valence electrons. The summed E-state index contributed by atoms with van der Waals surface area (Å²) in [5, 5.41) is 4.49. The third-order valence-electron chi connectivity index (χ3n) is 4.37. The maximum atomic E-state index is 6.12. The highest BCUT2D eigenvalue weighted by Gasteiger charge is 2.06. The molecular weight excluding hydrogens is 320 g/mol. The van der Waals surface area contributed by atoms with Crippen molar-refractivity contribution in [2.45, 2.75) is 13.5 Å². The predicted octanol–water partition coefficient (Wildman–Crippen LogP) is 4.80. The van der Waals surface area contributed by atoms with E-state index < -0.39 is 0 Å². The number of aryl methyl sites for hydroxylation is 1. The van der Waals surface area contributed by atoms with Crippen molar-refractivity contribution in [3.63, 3.8) is 0 Å². The van der Waals surface area contributed by atoms with Gasteiger partial charge in [0.05, 0.1) is 16.9 Å². The summed E-state index contributed by atoms with van der Waals surface area (Å²) in [7, 11) is 0. The number of rotatable bonds is 4. The van der Waals surface area contributed by atoms with Crippen LogP contribution >= 0.6 is 0 Å². The Morgan fingerprint density at radius 3 is 2.77 bits per heavy atom. The first-order chi connectivity index (χ1) is 12.7. The monoisotopic (exact) mass is 340 g/mol. The second kappa shape index (κ2) is 6.84. The fourth-order valence-corrected chi connectivity index (χ4v) is 3.00. The topological polar surface area (TPSA) is 63.8 Å². The molecule has 0 atom stereocenters.